The van der Waals surface area contributed by atoms with E-state index in [-0.39, 0.29) is 0 Å². The lowest BCUT2D eigenvalue weighted by atomic mass is 10.1. The van der Waals surface area contributed by atoms with Crippen molar-refractivity contribution < 1.29 is 0 Å². The van der Waals surface area contributed by atoms with Crippen LogP contribution in [0.4, 0.5) is 0 Å². The Morgan fingerprint density at radius 3 is 2.92 bits per heavy atom. The van der Waals surface area contributed by atoms with Gasteiger partial charge < -0.3 is 16.0 Å². The average Bonchev–Trinajstić information content (AvgIpc) is 2.21. The molecule has 2 aliphatic heterocycles. The van der Waals surface area contributed by atoms with Crippen LogP contribution in [0.3, 0.4) is 0 Å². The van der Waals surface area contributed by atoms with Crippen LogP contribution in [0.1, 0.15) is 12.8 Å². The molecule has 0 aliphatic carbocycles. The van der Waals surface area contributed by atoms with Gasteiger partial charge in [0.05, 0.1) is 0 Å². The minimum atomic E-state index is 0.588. The quantitative estimate of drug-likeness (QED) is 0.551. The molecule has 2 aliphatic rings. The Kier molecular flexibility index (Phi) is 2.82. The smallest absolute Gasteiger partial charge is 0.141 e. The van der Waals surface area contributed by atoms with Gasteiger partial charge in [-0.1, -0.05) is 0 Å². The molecular weight excluding hydrogens is 164 g/mol. The summed E-state index contributed by atoms with van der Waals surface area (Å²) in [4.78, 5) is 4.27. The zero-order chi connectivity index (χ0) is 8.93. The highest BCUT2D eigenvalue weighted by atomic mass is 15.1. The third-order valence-electron chi connectivity index (χ3n) is 2.37. The second-order valence-corrected chi connectivity index (χ2v) is 3.42. The van der Waals surface area contributed by atoms with E-state index in [1.54, 1.807) is 0 Å². The summed E-state index contributed by atoms with van der Waals surface area (Å²) in [5.41, 5.74) is 0. The molecule has 0 aromatic heterocycles. The van der Waals surface area contributed by atoms with Crippen LogP contribution in [0.15, 0.2) is 17.0 Å². The minimum Gasteiger partial charge on any atom is -0.383 e. The van der Waals surface area contributed by atoms with E-state index in [0.717, 1.165) is 25.5 Å². The van der Waals surface area contributed by atoms with E-state index in [2.05, 4.69) is 20.9 Å². The number of nitrogens with zero attached hydrogens (tertiary/aromatic N) is 1. The van der Waals surface area contributed by atoms with Crippen LogP contribution in [0, 0.1) is 0 Å². The lowest BCUT2D eigenvalue weighted by Crippen LogP contribution is -2.40. The number of piperidine rings is 1. The Balaban J connectivity index is 1.82. The van der Waals surface area contributed by atoms with Crippen molar-refractivity contribution >= 4 is 6.21 Å². The van der Waals surface area contributed by atoms with Gasteiger partial charge in [-0.25, -0.2) is 4.99 Å². The van der Waals surface area contributed by atoms with Gasteiger partial charge in [-0.15, -0.1) is 0 Å². The molecule has 1 fully saturated rings. The summed E-state index contributed by atoms with van der Waals surface area (Å²) < 4.78 is 0. The van der Waals surface area contributed by atoms with Gasteiger partial charge in [0.25, 0.3) is 0 Å². The van der Waals surface area contributed by atoms with Crippen molar-refractivity contribution in [1.29, 1.82) is 0 Å². The molecule has 72 valence electrons. The lowest BCUT2D eigenvalue weighted by Gasteiger charge is -2.25. The molecule has 0 aromatic rings. The van der Waals surface area contributed by atoms with Crippen LogP contribution < -0.4 is 16.0 Å². The van der Waals surface area contributed by atoms with E-state index in [4.69, 9.17) is 0 Å². The fraction of sp³-hybridized carbons (Fsp3) is 0.667. The van der Waals surface area contributed by atoms with Crippen molar-refractivity contribution in [2.24, 2.45) is 4.99 Å². The van der Waals surface area contributed by atoms with Gasteiger partial charge in [0.2, 0.25) is 0 Å². The molecule has 2 rings (SSSR count). The van der Waals surface area contributed by atoms with E-state index in [9.17, 15) is 0 Å². The summed E-state index contributed by atoms with van der Waals surface area (Å²) in [7, 11) is 0. The first kappa shape index (κ1) is 8.56. The summed E-state index contributed by atoms with van der Waals surface area (Å²) in [6.45, 7) is 3.07. The molecule has 0 bridgehead atoms. The summed E-state index contributed by atoms with van der Waals surface area (Å²) in [5.74, 6) is 0.971. The number of hydrogen-bond donors (Lipinski definition) is 3. The fourth-order valence-corrected chi connectivity index (χ4v) is 1.64. The van der Waals surface area contributed by atoms with Crippen LogP contribution in [0.25, 0.3) is 0 Å². The molecule has 4 nitrogen and oxygen atoms in total. The van der Waals surface area contributed by atoms with Crippen LogP contribution >= 0.6 is 0 Å². The Labute approximate surface area is 78.5 Å². The van der Waals surface area contributed by atoms with Gasteiger partial charge in [0.15, 0.2) is 0 Å². The third-order valence-corrected chi connectivity index (χ3v) is 2.37. The van der Waals surface area contributed by atoms with Gasteiger partial charge in [0, 0.05) is 25.0 Å². The summed E-state index contributed by atoms with van der Waals surface area (Å²) in [6, 6.07) is 0.588. The maximum absolute atomic E-state index is 4.27. The zero-order valence-corrected chi connectivity index (χ0v) is 7.71. The lowest BCUT2D eigenvalue weighted by molar-refractivity contribution is 0.409. The molecule has 1 saturated heterocycles. The van der Waals surface area contributed by atoms with Crippen LogP contribution in [-0.2, 0) is 0 Å². The van der Waals surface area contributed by atoms with Crippen LogP contribution in [0.2, 0.25) is 0 Å². The first-order valence-corrected chi connectivity index (χ1v) is 4.88. The molecule has 0 aromatic carbocycles. The summed E-state index contributed by atoms with van der Waals surface area (Å²) in [6.07, 6.45) is 6.21. The average molecular weight is 180 g/mol. The van der Waals surface area contributed by atoms with Crippen LogP contribution in [-0.4, -0.2) is 31.9 Å². The predicted molar refractivity (Wildman–Crippen MR) is 53.6 cm³/mol. The molecule has 0 spiro atoms. The normalized spacial score (nSPS) is 23.5. The van der Waals surface area contributed by atoms with Gasteiger partial charge >= 0.3 is 0 Å². The van der Waals surface area contributed by atoms with Crippen molar-refractivity contribution in [3.05, 3.63) is 12.0 Å². The molecule has 3 N–H and O–H groups in total. The van der Waals surface area contributed by atoms with Crippen molar-refractivity contribution in [1.82, 2.24) is 16.0 Å². The van der Waals surface area contributed by atoms with Gasteiger partial charge in [-0.3, -0.25) is 0 Å². The largest absolute Gasteiger partial charge is 0.383 e. The summed E-state index contributed by atoms with van der Waals surface area (Å²) >= 11 is 0. The monoisotopic (exact) mass is 180 g/mol. The SMILES string of the molecule is C1=NC(NC2CCNCC2)=CNC1. The molecule has 0 unspecified atom stereocenters. The van der Waals surface area contributed by atoms with E-state index in [1.165, 1.54) is 12.8 Å². The third kappa shape index (κ3) is 2.45. The maximum Gasteiger partial charge on any atom is 0.141 e. The highest BCUT2D eigenvalue weighted by Gasteiger charge is 2.13. The Hall–Kier alpha value is -1.03. The first-order chi connectivity index (χ1) is 6.45. The highest BCUT2D eigenvalue weighted by Crippen LogP contribution is 2.05. The standard InChI is InChI=1S/C9H16N4/c1-3-10-4-2-8(1)13-9-7-11-5-6-12-9/h6-8,10-11,13H,1-5H2. The first-order valence-electron chi connectivity index (χ1n) is 4.88. The van der Waals surface area contributed by atoms with Gasteiger partial charge in [-0.05, 0) is 25.9 Å². The van der Waals surface area contributed by atoms with E-state index < -0.39 is 0 Å². The Morgan fingerprint density at radius 1 is 1.38 bits per heavy atom. The van der Waals surface area contributed by atoms with E-state index in [1.807, 2.05) is 12.4 Å². The highest BCUT2D eigenvalue weighted by molar-refractivity contribution is 5.62. The number of aliphatic imine (C=N–C) groups is 1. The molecule has 0 saturated carbocycles. The van der Waals surface area contributed by atoms with Crippen molar-refractivity contribution in [2.75, 3.05) is 19.6 Å². The molecule has 4 heteroatoms. The van der Waals surface area contributed by atoms with Crippen molar-refractivity contribution in [3.8, 4) is 0 Å². The van der Waals surface area contributed by atoms with Crippen molar-refractivity contribution in [2.45, 2.75) is 18.9 Å². The van der Waals surface area contributed by atoms with Crippen LogP contribution in [0.5, 0.6) is 0 Å². The van der Waals surface area contributed by atoms with Gasteiger partial charge in [0.1, 0.15) is 5.82 Å². The second kappa shape index (κ2) is 4.28. The number of nitrogens with one attached hydrogen (secondary N) is 3. The van der Waals surface area contributed by atoms with E-state index >= 15 is 0 Å². The minimum absolute atomic E-state index is 0.588. The molecule has 2 heterocycles. The number of hydrogen-bond acceptors (Lipinski definition) is 4. The van der Waals surface area contributed by atoms with E-state index in [0.29, 0.717) is 6.04 Å². The van der Waals surface area contributed by atoms with Crippen molar-refractivity contribution in [3.63, 3.8) is 0 Å². The topological polar surface area (TPSA) is 48.5 Å². The fourth-order valence-electron chi connectivity index (χ4n) is 1.64. The molecule has 0 radical (unpaired) electrons. The van der Waals surface area contributed by atoms with Gasteiger partial charge in [-0.2, -0.15) is 0 Å². The summed E-state index contributed by atoms with van der Waals surface area (Å²) in [5, 5.41) is 9.89. The zero-order valence-electron chi connectivity index (χ0n) is 7.71. The molecule has 0 amide bonds. The number of rotatable bonds is 2. The predicted octanol–water partition coefficient (Wildman–Crippen LogP) is -0.199. The Bertz CT molecular complexity index is 216. The second-order valence-electron chi connectivity index (χ2n) is 3.42. The molecular formula is C9H16N4. The molecule has 13 heavy (non-hydrogen) atoms. The Morgan fingerprint density at radius 2 is 2.23 bits per heavy atom. The molecule has 0 atom stereocenters. The maximum atomic E-state index is 4.27.